The second-order valence-corrected chi connectivity index (χ2v) is 5.80. The molecular weight excluding hydrogens is 329 g/mol. The molecule has 1 aromatic heterocycles. The molecule has 3 aromatic carbocycles. The maximum Gasteiger partial charge on any atom is 0.247 e. The van der Waals surface area contributed by atoms with Crippen molar-refractivity contribution in [1.82, 2.24) is 10.2 Å². The van der Waals surface area contributed by atoms with Crippen LogP contribution in [0.4, 0.5) is 10.1 Å². The molecule has 4 aromatic rings. The van der Waals surface area contributed by atoms with Crippen molar-refractivity contribution in [2.75, 3.05) is 5.32 Å². The fraction of sp³-hybridized carbons (Fsp3) is 0.0476. The monoisotopic (exact) mass is 345 g/mol. The normalized spacial score (nSPS) is 10.7. The van der Waals surface area contributed by atoms with E-state index in [2.05, 4.69) is 39.8 Å². The van der Waals surface area contributed by atoms with Crippen molar-refractivity contribution in [3.05, 3.63) is 90.6 Å². The van der Waals surface area contributed by atoms with E-state index in [-0.39, 0.29) is 5.82 Å². The number of hydrogen-bond donors (Lipinski definition) is 1. The zero-order valence-electron chi connectivity index (χ0n) is 13.9. The lowest BCUT2D eigenvalue weighted by molar-refractivity contribution is 0.515. The van der Waals surface area contributed by atoms with E-state index >= 15 is 0 Å². The second-order valence-electron chi connectivity index (χ2n) is 5.80. The molecule has 0 bridgehead atoms. The fourth-order valence-electron chi connectivity index (χ4n) is 2.62. The van der Waals surface area contributed by atoms with E-state index in [1.165, 1.54) is 17.7 Å². The van der Waals surface area contributed by atoms with Crippen molar-refractivity contribution < 1.29 is 8.81 Å². The molecule has 0 aliphatic heterocycles. The molecule has 26 heavy (non-hydrogen) atoms. The molecule has 1 N–H and O–H groups in total. The van der Waals surface area contributed by atoms with Gasteiger partial charge in [-0.2, -0.15) is 0 Å². The fourth-order valence-corrected chi connectivity index (χ4v) is 2.62. The minimum absolute atomic E-state index is 0.297. The smallest absolute Gasteiger partial charge is 0.247 e. The summed E-state index contributed by atoms with van der Waals surface area (Å²) in [5, 5.41) is 11.3. The van der Waals surface area contributed by atoms with Gasteiger partial charge in [0, 0.05) is 11.3 Å². The number of hydrogen-bond acceptors (Lipinski definition) is 4. The van der Waals surface area contributed by atoms with Crippen molar-refractivity contribution in [3.63, 3.8) is 0 Å². The summed E-state index contributed by atoms with van der Waals surface area (Å²) in [5.41, 5.74) is 4.00. The van der Waals surface area contributed by atoms with E-state index < -0.39 is 0 Å². The zero-order valence-corrected chi connectivity index (χ0v) is 13.9. The van der Waals surface area contributed by atoms with Gasteiger partial charge in [-0.3, -0.25) is 0 Å². The highest BCUT2D eigenvalue weighted by molar-refractivity contribution is 5.65. The van der Waals surface area contributed by atoms with E-state index in [0.717, 1.165) is 11.3 Å². The van der Waals surface area contributed by atoms with Gasteiger partial charge in [0.25, 0.3) is 0 Å². The van der Waals surface area contributed by atoms with Crippen molar-refractivity contribution in [2.45, 2.75) is 6.54 Å². The molecule has 4 rings (SSSR count). The molecule has 0 amide bonds. The summed E-state index contributed by atoms with van der Waals surface area (Å²) in [5.74, 6) is 0.548. The Kier molecular flexibility index (Phi) is 4.43. The highest BCUT2D eigenvalue weighted by Crippen LogP contribution is 2.22. The molecule has 0 unspecified atom stereocenters. The van der Waals surface area contributed by atoms with E-state index in [1.807, 2.05) is 30.3 Å². The number of aromatic nitrogens is 2. The topological polar surface area (TPSA) is 51.0 Å². The standard InChI is InChI=1S/C21H16FN3O/c22-18-10-6-17(7-11-18)21-25-24-20(26-21)14-23-19-12-8-16(9-13-19)15-4-2-1-3-5-15/h1-13,23H,14H2. The van der Waals surface area contributed by atoms with Crippen molar-refractivity contribution in [1.29, 1.82) is 0 Å². The van der Waals surface area contributed by atoms with Crippen LogP contribution in [0.1, 0.15) is 5.89 Å². The Hall–Kier alpha value is -3.47. The van der Waals surface area contributed by atoms with Gasteiger partial charge in [0.15, 0.2) is 0 Å². The van der Waals surface area contributed by atoms with E-state index in [4.69, 9.17) is 4.42 Å². The predicted octanol–water partition coefficient (Wildman–Crippen LogP) is 5.15. The lowest BCUT2D eigenvalue weighted by Crippen LogP contribution is -1.99. The van der Waals surface area contributed by atoms with Crippen LogP contribution in [-0.2, 0) is 6.54 Å². The maximum absolute atomic E-state index is 13.0. The van der Waals surface area contributed by atoms with Gasteiger partial charge in [-0.25, -0.2) is 4.39 Å². The molecule has 0 fully saturated rings. The third-order valence-electron chi connectivity index (χ3n) is 3.99. The van der Waals surface area contributed by atoms with Crippen LogP contribution in [0.25, 0.3) is 22.6 Å². The van der Waals surface area contributed by atoms with Crippen LogP contribution in [0.15, 0.2) is 83.3 Å². The van der Waals surface area contributed by atoms with Gasteiger partial charge < -0.3 is 9.73 Å². The molecule has 4 nitrogen and oxygen atoms in total. The molecule has 5 heteroatoms. The van der Waals surface area contributed by atoms with Crippen molar-refractivity contribution in [2.24, 2.45) is 0 Å². The minimum Gasteiger partial charge on any atom is -0.419 e. The Morgan fingerprint density at radius 1 is 0.731 bits per heavy atom. The van der Waals surface area contributed by atoms with Gasteiger partial charge in [0.05, 0.1) is 6.54 Å². The summed E-state index contributed by atoms with van der Waals surface area (Å²) >= 11 is 0. The molecule has 0 spiro atoms. The van der Waals surface area contributed by atoms with E-state index in [0.29, 0.717) is 23.9 Å². The van der Waals surface area contributed by atoms with Gasteiger partial charge in [-0.1, -0.05) is 42.5 Å². The predicted molar refractivity (Wildman–Crippen MR) is 98.9 cm³/mol. The molecule has 0 aliphatic carbocycles. The highest BCUT2D eigenvalue weighted by atomic mass is 19.1. The average molecular weight is 345 g/mol. The summed E-state index contributed by atoms with van der Waals surface area (Å²) in [7, 11) is 0. The number of nitrogens with one attached hydrogen (secondary N) is 1. The van der Waals surface area contributed by atoms with Crippen molar-refractivity contribution >= 4 is 5.69 Å². The molecule has 0 radical (unpaired) electrons. The quantitative estimate of drug-likeness (QED) is 0.543. The summed E-state index contributed by atoms with van der Waals surface area (Å²) in [6, 6.07) is 24.3. The largest absolute Gasteiger partial charge is 0.419 e. The van der Waals surface area contributed by atoms with E-state index in [9.17, 15) is 4.39 Å². The minimum atomic E-state index is -0.297. The zero-order chi connectivity index (χ0) is 17.8. The highest BCUT2D eigenvalue weighted by Gasteiger charge is 2.08. The first-order valence-corrected chi connectivity index (χ1v) is 8.25. The first kappa shape index (κ1) is 16.0. The molecule has 0 aliphatic rings. The van der Waals surface area contributed by atoms with Crippen molar-refractivity contribution in [3.8, 4) is 22.6 Å². The van der Waals surface area contributed by atoms with Crippen LogP contribution < -0.4 is 5.32 Å². The summed E-state index contributed by atoms with van der Waals surface area (Å²) in [6.45, 7) is 0.416. The molecule has 0 saturated heterocycles. The Balaban J connectivity index is 1.41. The van der Waals surface area contributed by atoms with Crippen LogP contribution in [0.2, 0.25) is 0 Å². The summed E-state index contributed by atoms with van der Waals surface area (Å²) in [6.07, 6.45) is 0. The first-order chi connectivity index (χ1) is 12.8. The van der Waals surface area contributed by atoms with Gasteiger partial charge >= 0.3 is 0 Å². The Morgan fingerprint density at radius 3 is 2.12 bits per heavy atom. The molecule has 0 atom stereocenters. The van der Waals surface area contributed by atoms with Crippen LogP contribution in [0.3, 0.4) is 0 Å². The van der Waals surface area contributed by atoms with Crippen LogP contribution in [0.5, 0.6) is 0 Å². The number of nitrogens with zero attached hydrogens (tertiary/aromatic N) is 2. The van der Waals surface area contributed by atoms with Gasteiger partial charge in [0.2, 0.25) is 11.8 Å². The van der Waals surface area contributed by atoms with Crippen LogP contribution >= 0.6 is 0 Å². The Bertz CT molecular complexity index is 980. The lowest BCUT2D eigenvalue weighted by Gasteiger charge is -2.06. The number of anilines is 1. The van der Waals surface area contributed by atoms with Gasteiger partial charge in [0.1, 0.15) is 5.82 Å². The first-order valence-electron chi connectivity index (χ1n) is 8.25. The Morgan fingerprint density at radius 2 is 1.38 bits per heavy atom. The molecule has 0 saturated carbocycles. The summed E-state index contributed by atoms with van der Waals surface area (Å²) in [4.78, 5) is 0. The second kappa shape index (κ2) is 7.19. The van der Waals surface area contributed by atoms with Crippen LogP contribution in [-0.4, -0.2) is 10.2 Å². The third kappa shape index (κ3) is 3.62. The van der Waals surface area contributed by atoms with E-state index in [1.54, 1.807) is 12.1 Å². The van der Waals surface area contributed by atoms with Gasteiger partial charge in [-0.15, -0.1) is 10.2 Å². The number of rotatable bonds is 5. The molecule has 128 valence electrons. The molecule has 1 heterocycles. The Labute approximate surface area is 150 Å². The maximum atomic E-state index is 13.0. The number of halogens is 1. The SMILES string of the molecule is Fc1ccc(-c2nnc(CNc3ccc(-c4ccccc4)cc3)o2)cc1. The summed E-state index contributed by atoms with van der Waals surface area (Å²) < 4.78 is 18.6. The number of benzene rings is 3. The molecular formula is C21H16FN3O. The van der Waals surface area contributed by atoms with Crippen LogP contribution in [0, 0.1) is 5.82 Å². The third-order valence-corrected chi connectivity index (χ3v) is 3.99. The average Bonchev–Trinajstić information content (AvgIpc) is 3.17. The lowest BCUT2D eigenvalue weighted by atomic mass is 10.1. The van der Waals surface area contributed by atoms with Gasteiger partial charge in [-0.05, 0) is 47.5 Å².